The van der Waals surface area contributed by atoms with Gasteiger partial charge in [-0.2, -0.15) is 0 Å². The molecule has 2 heteroatoms. The number of aromatic amines is 1. The van der Waals surface area contributed by atoms with Crippen LogP contribution in [0.2, 0.25) is 0 Å². The molecule has 1 aromatic rings. The molecule has 0 fully saturated rings. The van der Waals surface area contributed by atoms with Crippen LogP contribution in [0.25, 0.3) is 0 Å². The second-order valence-corrected chi connectivity index (χ2v) is 1.55. The van der Waals surface area contributed by atoms with Crippen molar-refractivity contribution in [2.45, 2.75) is 0 Å². The van der Waals surface area contributed by atoms with E-state index in [1.807, 2.05) is 18.3 Å². The van der Waals surface area contributed by atoms with Gasteiger partial charge in [0.1, 0.15) is 0 Å². The summed E-state index contributed by atoms with van der Waals surface area (Å²) in [5.74, 6) is 0. The van der Waals surface area contributed by atoms with E-state index in [0.29, 0.717) is 0 Å². The topological polar surface area (TPSA) is 15.8 Å². The number of rotatable bonds is 0. The molecule has 0 saturated heterocycles. The van der Waals surface area contributed by atoms with Gasteiger partial charge in [-0.1, -0.05) is 0 Å². The van der Waals surface area contributed by atoms with Crippen molar-refractivity contribution in [3.63, 3.8) is 0 Å². The van der Waals surface area contributed by atoms with Crippen LogP contribution < -0.4 is 4.63 Å². The van der Waals surface area contributed by atoms with Crippen LogP contribution in [0, 0.1) is 0 Å². The summed E-state index contributed by atoms with van der Waals surface area (Å²) >= 11 is 4.02. The van der Waals surface area contributed by atoms with Crippen LogP contribution in [0.1, 0.15) is 0 Å². The molecular weight excluding hydrogens is 121 g/mol. The van der Waals surface area contributed by atoms with Crippen LogP contribution in [0.4, 0.5) is 0 Å². The first-order chi connectivity index (χ1) is 2.89. The molecule has 0 aliphatic heterocycles. The summed E-state index contributed by atoms with van der Waals surface area (Å²) in [5.41, 5.74) is 0. The normalized spacial score (nSPS) is 9.00. The van der Waals surface area contributed by atoms with Gasteiger partial charge >= 0.3 is 43.7 Å². The second kappa shape index (κ2) is 1.49. The second-order valence-electron chi connectivity index (χ2n) is 0.994. The average Bonchev–Trinajstić information content (AvgIpc) is 1.86. The molecule has 1 rings (SSSR count). The zero-order valence-corrected chi connectivity index (χ0v) is 4.11. The van der Waals surface area contributed by atoms with Gasteiger partial charge in [-0.25, -0.2) is 0 Å². The third-order valence-corrected chi connectivity index (χ3v) is 0.870. The first-order valence-electron chi connectivity index (χ1n) is 1.66. The Labute approximate surface area is 44.4 Å². The summed E-state index contributed by atoms with van der Waals surface area (Å²) in [6, 6.07) is 3.79. The fraction of sp³-hybridized carbons (Fsp3) is 0. The van der Waals surface area contributed by atoms with E-state index in [-0.39, 0.29) is 0 Å². The maximum atomic E-state index is 4.02. The van der Waals surface area contributed by atoms with E-state index >= 15 is 0 Å². The van der Waals surface area contributed by atoms with Gasteiger partial charge < -0.3 is 0 Å². The van der Waals surface area contributed by atoms with E-state index in [4.69, 9.17) is 0 Å². The Kier molecular flexibility index (Phi) is 0.983. The van der Waals surface area contributed by atoms with Crippen LogP contribution in [0.5, 0.6) is 0 Å². The Hall–Kier alpha value is -0.214. The predicted molar refractivity (Wildman–Crippen MR) is 20.4 cm³/mol. The van der Waals surface area contributed by atoms with Gasteiger partial charge in [0.15, 0.2) is 0 Å². The first kappa shape index (κ1) is 3.96. The van der Waals surface area contributed by atoms with Gasteiger partial charge in [0.2, 0.25) is 0 Å². The summed E-state index contributed by atoms with van der Waals surface area (Å²) in [6.45, 7) is 0. The molecule has 1 nitrogen and oxygen atoms in total. The Morgan fingerprint density at radius 1 is 1.67 bits per heavy atom. The van der Waals surface area contributed by atoms with Crippen molar-refractivity contribution in [2.75, 3.05) is 0 Å². The van der Waals surface area contributed by atoms with E-state index in [2.05, 4.69) is 20.7 Å². The van der Waals surface area contributed by atoms with Crippen molar-refractivity contribution < 1.29 is 15.7 Å². The predicted octanol–water partition coefficient (Wildman–Crippen LogP) is 0.187. The third-order valence-electron chi connectivity index (χ3n) is 0.546. The van der Waals surface area contributed by atoms with Gasteiger partial charge in [-0.15, -0.1) is 0 Å². The molecule has 0 radical (unpaired) electrons. The van der Waals surface area contributed by atoms with Crippen molar-refractivity contribution in [1.29, 1.82) is 0 Å². The molecule has 0 aliphatic rings. The monoisotopic (exact) mass is 125 g/mol. The quantitative estimate of drug-likeness (QED) is 0.509. The molecule has 0 spiro atoms. The van der Waals surface area contributed by atoms with E-state index in [1.54, 1.807) is 0 Å². The Morgan fingerprint density at radius 3 is 2.67 bits per heavy atom. The number of hydrogen-bond donors (Lipinski definition) is 1. The summed E-state index contributed by atoms with van der Waals surface area (Å²) in [4.78, 5) is 2.86. The molecule has 1 heterocycles. The zero-order valence-electron chi connectivity index (χ0n) is 3.07. The van der Waals surface area contributed by atoms with E-state index in [1.165, 1.54) is 0 Å². The molecule has 1 aromatic heterocycles. The molecule has 34 valence electrons. The molecule has 0 saturated carbocycles. The fourth-order valence-corrected chi connectivity index (χ4v) is 0.487. The summed E-state index contributed by atoms with van der Waals surface area (Å²) < 4.78 is 0.905. The zero-order chi connectivity index (χ0) is 4.41. The number of aromatic nitrogens is 1. The van der Waals surface area contributed by atoms with Crippen LogP contribution >= 0.6 is 0 Å². The minimum absolute atomic E-state index is 0.905. The van der Waals surface area contributed by atoms with Crippen molar-refractivity contribution >= 4 is 4.63 Å². The molecule has 0 amide bonds. The Bertz CT molecular complexity index is 111. The van der Waals surface area contributed by atoms with E-state index < -0.39 is 0 Å². The summed E-state index contributed by atoms with van der Waals surface area (Å²) in [5, 5.41) is 0. The van der Waals surface area contributed by atoms with Crippen LogP contribution in [-0.2, 0) is 15.7 Å². The van der Waals surface area contributed by atoms with Crippen LogP contribution in [0.3, 0.4) is 0 Å². The molecule has 0 aromatic carbocycles. The van der Waals surface area contributed by atoms with Crippen molar-refractivity contribution in [3.8, 4) is 0 Å². The molecule has 0 unspecified atom stereocenters. The van der Waals surface area contributed by atoms with Gasteiger partial charge in [0.25, 0.3) is 0 Å². The maximum absolute atomic E-state index is 4.02. The molecule has 6 heavy (non-hydrogen) atoms. The van der Waals surface area contributed by atoms with Crippen LogP contribution in [-0.4, -0.2) is 4.98 Å². The van der Waals surface area contributed by atoms with Gasteiger partial charge in [0.05, 0.1) is 0 Å². The standard InChI is InChI=1S/C4H4N.Co/c1-2-4-5-3-1;/h1-3,5H;. The SMILES string of the molecule is [Co][c]1ccc[nH]1. The summed E-state index contributed by atoms with van der Waals surface area (Å²) in [7, 11) is 0. The molecular formula is C4H4CoN. The minimum atomic E-state index is 0.905. The Balaban J connectivity index is 3.05. The average molecular weight is 125 g/mol. The number of H-pyrrole nitrogens is 1. The molecule has 0 bridgehead atoms. The third kappa shape index (κ3) is 0.638. The first-order valence-corrected chi connectivity index (χ1v) is 2.18. The van der Waals surface area contributed by atoms with Gasteiger partial charge in [-0.05, 0) is 0 Å². The molecule has 1 N–H and O–H groups in total. The molecule has 0 aliphatic carbocycles. The van der Waals surface area contributed by atoms with Gasteiger partial charge in [-0.3, -0.25) is 0 Å². The number of nitrogens with one attached hydrogen (secondary N) is 1. The van der Waals surface area contributed by atoms with E-state index in [9.17, 15) is 0 Å². The van der Waals surface area contributed by atoms with Crippen molar-refractivity contribution in [1.82, 2.24) is 4.98 Å². The van der Waals surface area contributed by atoms with E-state index in [0.717, 1.165) is 4.63 Å². The molecule has 0 atom stereocenters. The van der Waals surface area contributed by atoms with Crippen molar-refractivity contribution in [2.24, 2.45) is 0 Å². The number of hydrogen-bond acceptors (Lipinski definition) is 0. The Morgan fingerprint density at radius 2 is 2.50 bits per heavy atom. The fourth-order valence-electron chi connectivity index (χ4n) is 0.300. The van der Waals surface area contributed by atoms with Gasteiger partial charge in [0, 0.05) is 0 Å². The van der Waals surface area contributed by atoms with Crippen LogP contribution in [0.15, 0.2) is 18.3 Å². The van der Waals surface area contributed by atoms with Crippen molar-refractivity contribution in [3.05, 3.63) is 18.3 Å². The summed E-state index contributed by atoms with van der Waals surface area (Å²) in [6.07, 6.45) is 1.83.